The fourth-order valence-electron chi connectivity index (χ4n) is 1.55. The summed E-state index contributed by atoms with van der Waals surface area (Å²) in [5, 5.41) is 13.5. The van der Waals surface area contributed by atoms with Gasteiger partial charge in [0.05, 0.1) is 4.90 Å². The van der Waals surface area contributed by atoms with E-state index in [-0.39, 0.29) is 4.90 Å². The van der Waals surface area contributed by atoms with E-state index < -0.39 is 10.0 Å². The van der Waals surface area contributed by atoms with Gasteiger partial charge in [0.15, 0.2) is 5.16 Å². The number of nitrogens with two attached hydrogens (primary N) is 2. The van der Waals surface area contributed by atoms with E-state index >= 15 is 0 Å². The molecule has 1 aromatic carbocycles. The van der Waals surface area contributed by atoms with Crippen molar-refractivity contribution in [3.63, 3.8) is 0 Å². The van der Waals surface area contributed by atoms with Crippen molar-refractivity contribution in [2.45, 2.75) is 21.9 Å². The molecule has 0 unspecified atom stereocenters. The molecule has 0 aliphatic heterocycles. The number of benzene rings is 1. The van der Waals surface area contributed by atoms with Crippen molar-refractivity contribution in [3.05, 3.63) is 24.0 Å². The number of aromatic nitrogens is 3. The second-order valence-corrected chi connectivity index (χ2v) is 6.55. The Kier molecular flexibility index (Phi) is 3.52. The Balaban J connectivity index is 2.53. The second kappa shape index (κ2) is 4.83. The van der Waals surface area contributed by atoms with E-state index in [2.05, 4.69) is 10.2 Å². The minimum atomic E-state index is -3.80. The standard InChI is InChI=1S/C10H13N5O2S2/c1-6-8(18-10-14-13-5-15(10)2)3-7(11)4-9(6)19(12,16)17/h3-5H,11H2,1-2H3,(H2,12,16,17). The van der Waals surface area contributed by atoms with Gasteiger partial charge in [0.1, 0.15) is 6.33 Å². The number of primary sulfonamides is 1. The maximum Gasteiger partial charge on any atom is 0.238 e. The molecule has 0 radical (unpaired) electrons. The summed E-state index contributed by atoms with van der Waals surface area (Å²) in [5.74, 6) is 0. The summed E-state index contributed by atoms with van der Waals surface area (Å²) in [6, 6.07) is 3.04. The van der Waals surface area contributed by atoms with Crippen LogP contribution in [0.25, 0.3) is 0 Å². The van der Waals surface area contributed by atoms with Crippen molar-refractivity contribution in [2.24, 2.45) is 12.2 Å². The molecule has 0 aliphatic carbocycles. The average molecular weight is 299 g/mol. The molecule has 9 heteroatoms. The van der Waals surface area contributed by atoms with E-state index in [0.717, 1.165) is 0 Å². The molecule has 4 N–H and O–H groups in total. The quantitative estimate of drug-likeness (QED) is 0.797. The minimum Gasteiger partial charge on any atom is -0.399 e. The topological polar surface area (TPSA) is 117 Å². The monoisotopic (exact) mass is 299 g/mol. The summed E-state index contributed by atoms with van der Waals surface area (Å²) in [6.07, 6.45) is 1.56. The molecule has 2 aromatic rings. The van der Waals surface area contributed by atoms with Gasteiger partial charge in [-0.3, -0.25) is 0 Å². The SMILES string of the molecule is Cc1c(Sc2nncn2C)cc(N)cc1S(N)(=O)=O. The van der Waals surface area contributed by atoms with Crippen LogP contribution in [0.15, 0.2) is 33.4 Å². The van der Waals surface area contributed by atoms with Crippen molar-refractivity contribution in [2.75, 3.05) is 5.73 Å². The fraction of sp³-hybridized carbons (Fsp3) is 0.200. The lowest BCUT2D eigenvalue weighted by atomic mass is 10.2. The van der Waals surface area contributed by atoms with Gasteiger partial charge in [-0.2, -0.15) is 0 Å². The zero-order valence-corrected chi connectivity index (χ0v) is 12.0. The third-order valence-electron chi connectivity index (χ3n) is 2.51. The fourth-order valence-corrected chi connectivity index (χ4v) is 3.38. The molecule has 0 spiro atoms. The minimum absolute atomic E-state index is 0.0252. The van der Waals surface area contributed by atoms with Crippen LogP contribution in [0.2, 0.25) is 0 Å². The molecule has 0 bridgehead atoms. The number of hydrogen-bond donors (Lipinski definition) is 2. The van der Waals surface area contributed by atoms with Crippen LogP contribution < -0.4 is 10.9 Å². The Morgan fingerprint density at radius 3 is 2.58 bits per heavy atom. The van der Waals surface area contributed by atoms with Crippen LogP contribution in [0.5, 0.6) is 0 Å². The first kappa shape index (κ1) is 13.8. The highest BCUT2D eigenvalue weighted by Crippen LogP contribution is 2.33. The van der Waals surface area contributed by atoms with Gasteiger partial charge in [0.2, 0.25) is 10.0 Å². The van der Waals surface area contributed by atoms with Crippen molar-refractivity contribution < 1.29 is 8.42 Å². The predicted molar refractivity (Wildman–Crippen MR) is 72.1 cm³/mol. The number of hydrogen-bond acceptors (Lipinski definition) is 6. The number of sulfonamides is 1. The van der Waals surface area contributed by atoms with Gasteiger partial charge in [0.25, 0.3) is 0 Å². The third-order valence-corrected chi connectivity index (χ3v) is 4.75. The Morgan fingerprint density at radius 1 is 1.37 bits per heavy atom. The van der Waals surface area contributed by atoms with Crippen molar-refractivity contribution >= 4 is 27.5 Å². The Bertz CT molecular complexity index is 724. The van der Waals surface area contributed by atoms with Gasteiger partial charge in [-0.25, -0.2) is 13.6 Å². The number of anilines is 1. The zero-order valence-electron chi connectivity index (χ0n) is 10.4. The van der Waals surface area contributed by atoms with Crippen molar-refractivity contribution in [1.82, 2.24) is 14.8 Å². The van der Waals surface area contributed by atoms with Gasteiger partial charge < -0.3 is 10.3 Å². The summed E-state index contributed by atoms with van der Waals surface area (Å²) in [7, 11) is -2.01. The average Bonchev–Trinajstić information content (AvgIpc) is 2.68. The molecule has 1 aromatic heterocycles. The second-order valence-electron chi connectivity index (χ2n) is 4.01. The van der Waals surface area contributed by atoms with Crippen LogP contribution in [-0.4, -0.2) is 23.2 Å². The Labute approximate surface area is 115 Å². The smallest absolute Gasteiger partial charge is 0.238 e. The molecule has 1 heterocycles. The summed E-state index contributed by atoms with van der Waals surface area (Å²) in [6.45, 7) is 1.68. The van der Waals surface area contributed by atoms with Crippen molar-refractivity contribution in [3.8, 4) is 0 Å². The van der Waals surface area contributed by atoms with Gasteiger partial charge in [-0.1, -0.05) is 0 Å². The predicted octanol–water partition coefficient (Wildman–Crippen LogP) is 0.504. The van der Waals surface area contributed by atoms with E-state index in [9.17, 15) is 8.42 Å². The van der Waals surface area contributed by atoms with Crippen LogP contribution >= 0.6 is 11.8 Å². The number of rotatable bonds is 3. The first-order valence-electron chi connectivity index (χ1n) is 5.24. The molecule has 0 fully saturated rings. The van der Waals surface area contributed by atoms with Crippen LogP contribution in [0.1, 0.15) is 5.56 Å². The normalized spacial score (nSPS) is 11.7. The van der Waals surface area contributed by atoms with E-state index in [1.54, 1.807) is 30.9 Å². The van der Waals surface area contributed by atoms with Gasteiger partial charge >= 0.3 is 0 Å². The molecular formula is C10H13N5O2S2. The molecule has 0 saturated carbocycles. The van der Waals surface area contributed by atoms with Gasteiger partial charge in [-0.15, -0.1) is 10.2 Å². The lowest BCUT2D eigenvalue weighted by Gasteiger charge is -2.10. The van der Waals surface area contributed by atoms with Gasteiger partial charge in [0, 0.05) is 17.6 Å². The lowest BCUT2D eigenvalue weighted by Crippen LogP contribution is -2.14. The van der Waals surface area contributed by atoms with Crippen LogP contribution in [0.3, 0.4) is 0 Å². The highest BCUT2D eigenvalue weighted by molar-refractivity contribution is 7.99. The summed E-state index contributed by atoms with van der Waals surface area (Å²) >= 11 is 1.28. The van der Waals surface area contributed by atoms with Gasteiger partial charge in [-0.05, 0) is 36.4 Å². The number of aryl methyl sites for hydroxylation is 1. The summed E-state index contributed by atoms with van der Waals surface area (Å²) < 4.78 is 24.7. The third kappa shape index (κ3) is 2.88. The Morgan fingerprint density at radius 2 is 2.05 bits per heavy atom. The largest absolute Gasteiger partial charge is 0.399 e. The van der Waals surface area contributed by atoms with Crippen LogP contribution in [0.4, 0.5) is 5.69 Å². The summed E-state index contributed by atoms with van der Waals surface area (Å²) in [5.41, 5.74) is 6.59. The molecule has 0 saturated heterocycles. The van der Waals surface area contributed by atoms with Crippen molar-refractivity contribution in [1.29, 1.82) is 0 Å². The Hall–Kier alpha value is -1.58. The molecule has 19 heavy (non-hydrogen) atoms. The first-order valence-corrected chi connectivity index (χ1v) is 7.60. The molecular weight excluding hydrogens is 286 g/mol. The molecule has 102 valence electrons. The lowest BCUT2D eigenvalue weighted by molar-refractivity contribution is 0.597. The molecule has 0 aliphatic rings. The van der Waals surface area contributed by atoms with E-state index in [1.165, 1.54) is 17.8 Å². The summed E-state index contributed by atoms with van der Waals surface area (Å²) in [4.78, 5) is 0.706. The highest BCUT2D eigenvalue weighted by Gasteiger charge is 2.17. The van der Waals surface area contributed by atoms with E-state index in [1.807, 2.05) is 0 Å². The molecule has 0 atom stereocenters. The molecule has 0 amide bonds. The zero-order chi connectivity index (χ0) is 14.2. The first-order chi connectivity index (χ1) is 8.79. The van der Waals surface area contributed by atoms with E-state index in [4.69, 9.17) is 10.9 Å². The molecule has 2 rings (SSSR count). The van der Waals surface area contributed by atoms with Crippen LogP contribution in [0, 0.1) is 6.92 Å². The van der Waals surface area contributed by atoms with Crippen LogP contribution in [-0.2, 0) is 17.1 Å². The van der Waals surface area contributed by atoms with E-state index in [0.29, 0.717) is 21.3 Å². The highest BCUT2D eigenvalue weighted by atomic mass is 32.2. The number of nitrogens with zero attached hydrogens (tertiary/aromatic N) is 3. The maximum absolute atomic E-state index is 11.5. The molecule has 7 nitrogen and oxygen atoms in total. The number of nitrogen functional groups attached to an aromatic ring is 1. The maximum atomic E-state index is 11.5.